The van der Waals surface area contributed by atoms with Crippen LogP contribution < -0.4 is 9.80 Å². The quantitative estimate of drug-likeness (QED) is 0.158. The molecule has 0 N–H and O–H groups in total. The van der Waals surface area contributed by atoms with Crippen LogP contribution >= 0.6 is 0 Å². The Morgan fingerprint density at radius 3 is 1.09 bits per heavy atom. The summed E-state index contributed by atoms with van der Waals surface area (Å²) in [6.07, 6.45) is -21.6. The van der Waals surface area contributed by atoms with E-state index in [-0.39, 0.29) is 73.9 Å². The second-order valence-electron chi connectivity index (χ2n) is 13.6. The van der Waals surface area contributed by atoms with Gasteiger partial charge in [-0.25, -0.2) is 8.78 Å². The van der Waals surface area contributed by atoms with Gasteiger partial charge in [-0.3, -0.25) is 24.0 Å². The van der Waals surface area contributed by atoms with Gasteiger partial charge in [0.05, 0.1) is 25.2 Å². The van der Waals surface area contributed by atoms with E-state index in [2.05, 4.69) is 10.2 Å². The topological polar surface area (TPSA) is 65.7 Å². The number of ketones is 1. The Labute approximate surface area is 320 Å². The Morgan fingerprint density at radius 1 is 0.500 bits per heavy atom. The lowest BCUT2D eigenvalue weighted by atomic mass is 9.99. The van der Waals surface area contributed by atoms with E-state index in [1.807, 2.05) is 0 Å². The molecule has 23 heteroatoms. The Kier molecular flexibility index (Phi) is 11.8. The molecule has 0 spiro atoms. The van der Waals surface area contributed by atoms with E-state index in [0.717, 1.165) is 24.3 Å². The highest BCUT2D eigenvalue weighted by molar-refractivity contribution is 5.89. The molecule has 2 unspecified atom stereocenters. The van der Waals surface area contributed by atoms with E-state index >= 15 is 0 Å². The molecule has 58 heavy (non-hydrogen) atoms. The normalized spacial score (nSPS) is 17.8. The van der Waals surface area contributed by atoms with Gasteiger partial charge in [0.2, 0.25) is 0 Å². The largest absolute Gasteiger partial charge is 0.435 e. The highest BCUT2D eigenvalue weighted by Gasteiger charge is 2.46. The van der Waals surface area contributed by atoms with Crippen LogP contribution in [0.15, 0.2) is 60.7 Å². The number of carbonyl (C=O) groups excluding carboxylic acids is 1. The van der Waals surface area contributed by atoms with Crippen molar-refractivity contribution in [2.45, 2.75) is 49.9 Å². The average molecular weight is 847 g/mol. The number of nitrogens with zero attached hydrogens (tertiary/aromatic N) is 8. The van der Waals surface area contributed by atoms with Crippen LogP contribution in [-0.2, 0) is 42.6 Å². The molecule has 0 saturated carbocycles. The third-order valence-corrected chi connectivity index (χ3v) is 9.96. The predicted octanol–water partition coefficient (Wildman–Crippen LogP) is 7.08. The van der Waals surface area contributed by atoms with Crippen molar-refractivity contribution in [3.8, 4) is 0 Å². The minimum absolute atomic E-state index is 0.0434. The SMILES string of the molecule is O=C(C(Cn1nc(C(F)(F)F)cc1C(F)(F)F)N1CCN(c2ccc(F)cc2)CC1)C(Cn1nc(C(F)(F)F)cc1C(F)(F)F)N1CCN(c2ccc(F)cc2)CC1. The van der Waals surface area contributed by atoms with Crippen molar-refractivity contribution in [3.63, 3.8) is 0 Å². The van der Waals surface area contributed by atoms with Crippen LogP contribution in [-0.4, -0.2) is 99.6 Å². The fourth-order valence-corrected chi connectivity index (χ4v) is 7.05. The maximum Gasteiger partial charge on any atom is 0.435 e. The number of alkyl halides is 12. The minimum atomic E-state index is -5.42. The summed E-state index contributed by atoms with van der Waals surface area (Å²) in [4.78, 5) is 20.9. The highest BCUT2D eigenvalue weighted by Crippen LogP contribution is 2.37. The van der Waals surface area contributed by atoms with Crippen molar-refractivity contribution in [2.75, 3.05) is 62.2 Å². The van der Waals surface area contributed by atoms with Gasteiger partial charge < -0.3 is 9.80 Å². The predicted molar refractivity (Wildman–Crippen MR) is 177 cm³/mol. The average Bonchev–Trinajstić information content (AvgIpc) is 3.80. The summed E-state index contributed by atoms with van der Waals surface area (Å²) < 4.78 is 194. The van der Waals surface area contributed by atoms with Gasteiger partial charge in [-0.1, -0.05) is 0 Å². The molecule has 4 heterocycles. The lowest BCUT2D eigenvalue weighted by Gasteiger charge is -2.43. The monoisotopic (exact) mass is 846 g/mol. The van der Waals surface area contributed by atoms with E-state index in [1.165, 1.54) is 34.1 Å². The van der Waals surface area contributed by atoms with E-state index in [0.29, 0.717) is 11.4 Å². The number of rotatable bonds is 10. The number of Topliss-reactive ketones (excluding diaryl/α,β-unsaturated/α-hetero) is 1. The third kappa shape index (κ3) is 9.67. The first-order valence-corrected chi connectivity index (χ1v) is 17.5. The van der Waals surface area contributed by atoms with Gasteiger partial charge in [0.15, 0.2) is 17.2 Å². The zero-order chi connectivity index (χ0) is 42.4. The number of anilines is 2. The number of piperazine rings is 2. The van der Waals surface area contributed by atoms with Gasteiger partial charge in [-0.05, 0) is 48.5 Å². The standard InChI is InChI=1S/C35H32F14N8O/c36-21-1-5-23(6-2-21)52-9-13-54(14-10-52)25(19-56-29(34(44,45)46)17-27(50-56)32(38,39)40)31(58)26(20-57-30(35(47,48)49)18-28(51-57)33(41,42)43)55-15-11-53(12-16-55)24-7-3-22(37)4-8-24/h1-8,17-18,25-26H,9-16,19-20H2. The third-order valence-electron chi connectivity index (χ3n) is 9.96. The summed E-state index contributed by atoms with van der Waals surface area (Å²) in [5.41, 5.74) is -6.61. The smallest absolute Gasteiger partial charge is 0.369 e. The van der Waals surface area contributed by atoms with Crippen LogP contribution in [0, 0.1) is 11.6 Å². The number of benzene rings is 2. The van der Waals surface area contributed by atoms with Crippen LogP contribution in [0.4, 0.5) is 72.8 Å². The van der Waals surface area contributed by atoms with Gasteiger partial charge in [-0.15, -0.1) is 0 Å². The summed E-state index contributed by atoms with van der Waals surface area (Å²) in [6, 6.07) is 6.24. The van der Waals surface area contributed by atoms with Gasteiger partial charge >= 0.3 is 24.7 Å². The number of hydrogen-bond acceptors (Lipinski definition) is 7. The molecule has 2 saturated heterocycles. The summed E-state index contributed by atoms with van der Waals surface area (Å²) in [6.45, 7) is -2.81. The molecule has 2 aliphatic heterocycles. The van der Waals surface area contributed by atoms with Crippen LogP contribution in [0.25, 0.3) is 0 Å². The summed E-state index contributed by atoms with van der Waals surface area (Å²) in [7, 11) is 0. The molecule has 316 valence electrons. The Hall–Kier alpha value is -4.93. The Bertz CT molecular complexity index is 1880. The van der Waals surface area contributed by atoms with Crippen LogP contribution in [0.5, 0.6) is 0 Å². The summed E-state index contributed by atoms with van der Waals surface area (Å²) in [5.74, 6) is -2.23. The number of halogens is 14. The summed E-state index contributed by atoms with van der Waals surface area (Å²) >= 11 is 0. The van der Waals surface area contributed by atoms with Gasteiger partial charge in [0.25, 0.3) is 0 Å². The van der Waals surface area contributed by atoms with Crippen molar-refractivity contribution < 1.29 is 66.3 Å². The van der Waals surface area contributed by atoms with Crippen molar-refractivity contribution >= 4 is 17.2 Å². The zero-order valence-corrected chi connectivity index (χ0v) is 29.8. The fraction of sp³-hybridized carbons (Fsp3) is 0.457. The first-order valence-electron chi connectivity index (χ1n) is 17.5. The van der Waals surface area contributed by atoms with Crippen molar-refractivity contribution in [2.24, 2.45) is 0 Å². The molecule has 9 nitrogen and oxygen atoms in total. The van der Waals surface area contributed by atoms with Crippen molar-refractivity contribution in [1.29, 1.82) is 0 Å². The molecule has 0 bridgehead atoms. The molecule has 0 radical (unpaired) electrons. The number of carbonyl (C=O) groups is 1. The van der Waals surface area contributed by atoms with Crippen LogP contribution in [0.2, 0.25) is 0 Å². The Morgan fingerprint density at radius 2 is 0.810 bits per heavy atom. The molecule has 2 aromatic heterocycles. The second kappa shape index (κ2) is 16.0. The molecule has 2 aliphatic rings. The lowest BCUT2D eigenvalue weighted by molar-refractivity contribution is -0.146. The van der Waals surface area contributed by atoms with E-state index < -0.39 is 90.1 Å². The maximum atomic E-state index is 14.9. The molecule has 6 rings (SSSR count). The maximum absolute atomic E-state index is 14.9. The molecule has 2 aromatic carbocycles. The first-order chi connectivity index (χ1) is 27.0. The van der Waals surface area contributed by atoms with E-state index in [4.69, 9.17) is 0 Å². The van der Waals surface area contributed by atoms with Crippen molar-refractivity contribution in [1.82, 2.24) is 29.4 Å². The molecule has 2 atom stereocenters. The van der Waals surface area contributed by atoms with E-state index in [1.54, 1.807) is 9.80 Å². The molecular formula is C35H32F14N8O. The van der Waals surface area contributed by atoms with Crippen LogP contribution in [0.1, 0.15) is 22.8 Å². The van der Waals surface area contributed by atoms with Crippen molar-refractivity contribution in [3.05, 3.63) is 95.1 Å². The molecule has 0 amide bonds. The molecule has 4 aromatic rings. The van der Waals surface area contributed by atoms with Crippen LogP contribution in [0.3, 0.4) is 0 Å². The van der Waals surface area contributed by atoms with Gasteiger partial charge in [0, 0.05) is 75.9 Å². The second-order valence-corrected chi connectivity index (χ2v) is 13.6. The number of aromatic nitrogens is 4. The highest BCUT2D eigenvalue weighted by atomic mass is 19.4. The first kappa shape index (κ1) is 42.7. The van der Waals surface area contributed by atoms with Gasteiger partial charge in [-0.2, -0.15) is 62.9 Å². The summed E-state index contributed by atoms with van der Waals surface area (Å²) in [5, 5.41) is 6.25. The zero-order valence-electron chi connectivity index (χ0n) is 29.8. The molecule has 0 aliphatic carbocycles. The van der Waals surface area contributed by atoms with Gasteiger partial charge in [0.1, 0.15) is 23.0 Å². The minimum Gasteiger partial charge on any atom is -0.369 e. The Balaban J connectivity index is 1.40. The fourth-order valence-electron chi connectivity index (χ4n) is 7.05. The molecular weight excluding hydrogens is 814 g/mol. The van der Waals surface area contributed by atoms with E-state index in [9.17, 15) is 66.3 Å². The number of hydrogen-bond donors (Lipinski definition) is 0. The molecule has 2 fully saturated rings. The lowest BCUT2D eigenvalue weighted by Crippen LogP contribution is -2.61.